The van der Waals surface area contributed by atoms with Gasteiger partial charge in [-0.15, -0.1) is 11.8 Å². The zero-order valence-electron chi connectivity index (χ0n) is 8.47. The Morgan fingerprint density at radius 1 is 1.20 bits per heavy atom. The summed E-state index contributed by atoms with van der Waals surface area (Å²) >= 11 is 1.54. The third kappa shape index (κ3) is 2.27. The molecule has 0 radical (unpaired) electrons. The number of benzene rings is 1. The largest absolute Gasteiger partial charge is 0.396 e. The van der Waals surface area contributed by atoms with Gasteiger partial charge in [-0.05, 0) is 19.1 Å². The average molecular weight is 220 g/mol. The number of aliphatic hydroxyl groups excluding tert-OH is 1. The van der Waals surface area contributed by atoms with Crippen LogP contribution in [0.15, 0.2) is 29.3 Å². The van der Waals surface area contributed by atoms with E-state index >= 15 is 0 Å². The maximum atomic E-state index is 8.76. The summed E-state index contributed by atoms with van der Waals surface area (Å²) in [5, 5.41) is 9.67. The number of rotatable bonds is 3. The minimum Gasteiger partial charge on any atom is -0.396 e. The van der Waals surface area contributed by atoms with E-state index in [0.29, 0.717) is 5.75 Å². The molecule has 2 aromatic rings. The molecule has 0 spiro atoms. The van der Waals surface area contributed by atoms with Crippen LogP contribution >= 0.6 is 11.8 Å². The van der Waals surface area contributed by atoms with Gasteiger partial charge in [-0.3, -0.25) is 0 Å². The molecule has 2 rings (SSSR count). The molecule has 4 heteroatoms. The monoisotopic (exact) mass is 220 g/mol. The maximum Gasteiger partial charge on any atom is 0.118 e. The summed E-state index contributed by atoms with van der Waals surface area (Å²) in [6.45, 7) is 2.11. The van der Waals surface area contributed by atoms with E-state index in [1.54, 1.807) is 0 Å². The highest BCUT2D eigenvalue weighted by molar-refractivity contribution is 7.99. The fourth-order valence-corrected chi connectivity index (χ4v) is 2.05. The number of hydrogen-bond donors (Lipinski definition) is 1. The molecule has 0 saturated carbocycles. The summed E-state index contributed by atoms with van der Waals surface area (Å²) in [6.07, 6.45) is 0. The Kier molecular flexibility index (Phi) is 3.18. The lowest BCUT2D eigenvalue weighted by atomic mass is 10.3. The molecule has 0 bridgehead atoms. The molecule has 1 aromatic carbocycles. The van der Waals surface area contributed by atoms with E-state index in [4.69, 9.17) is 5.11 Å². The Bertz CT molecular complexity index is 473. The standard InChI is InChI=1S/C11H12N2OS/c1-8-11(15-7-6-14)13-10-5-3-2-4-9(10)12-8/h2-5,14H,6-7H2,1H3. The van der Waals surface area contributed by atoms with Crippen molar-refractivity contribution in [3.63, 3.8) is 0 Å². The molecule has 0 saturated heterocycles. The van der Waals surface area contributed by atoms with Gasteiger partial charge >= 0.3 is 0 Å². The first kappa shape index (κ1) is 10.4. The predicted molar refractivity (Wildman–Crippen MR) is 62.1 cm³/mol. The van der Waals surface area contributed by atoms with Crippen LogP contribution in [-0.4, -0.2) is 27.4 Å². The molecule has 0 aliphatic heterocycles. The van der Waals surface area contributed by atoms with Gasteiger partial charge in [0.15, 0.2) is 0 Å². The van der Waals surface area contributed by atoms with E-state index in [-0.39, 0.29) is 6.61 Å². The van der Waals surface area contributed by atoms with Crippen molar-refractivity contribution >= 4 is 22.8 Å². The molecule has 1 heterocycles. The van der Waals surface area contributed by atoms with Gasteiger partial charge in [-0.1, -0.05) is 12.1 Å². The molecule has 0 aliphatic carbocycles. The van der Waals surface area contributed by atoms with Crippen LogP contribution in [0, 0.1) is 6.92 Å². The van der Waals surface area contributed by atoms with Crippen LogP contribution in [0.2, 0.25) is 0 Å². The van der Waals surface area contributed by atoms with Crippen molar-refractivity contribution in [3.8, 4) is 0 Å². The smallest absolute Gasteiger partial charge is 0.118 e. The van der Waals surface area contributed by atoms with E-state index in [9.17, 15) is 0 Å². The number of para-hydroxylation sites is 2. The SMILES string of the molecule is Cc1nc2ccccc2nc1SCCO. The minimum atomic E-state index is 0.165. The molecule has 0 aliphatic rings. The fourth-order valence-electron chi connectivity index (χ4n) is 1.35. The van der Waals surface area contributed by atoms with E-state index < -0.39 is 0 Å². The molecule has 78 valence electrons. The average Bonchev–Trinajstić information content (AvgIpc) is 2.26. The highest BCUT2D eigenvalue weighted by Gasteiger charge is 2.04. The van der Waals surface area contributed by atoms with Crippen LogP contribution in [-0.2, 0) is 0 Å². The van der Waals surface area contributed by atoms with Gasteiger partial charge in [0.05, 0.1) is 23.3 Å². The van der Waals surface area contributed by atoms with Crippen molar-refractivity contribution in [1.29, 1.82) is 0 Å². The van der Waals surface area contributed by atoms with Gasteiger partial charge in [0.1, 0.15) is 5.03 Å². The lowest BCUT2D eigenvalue weighted by Gasteiger charge is -2.04. The molecule has 0 unspecified atom stereocenters. The summed E-state index contributed by atoms with van der Waals surface area (Å²) < 4.78 is 0. The lowest BCUT2D eigenvalue weighted by Crippen LogP contribution is -1.94. The van der Waals surface area contributed by atoms with Crippen molar-refractivity contribution < 1.29 is 5.11 Å². The topological polar surface area (TPSA) is 46.0 Å². The van der Waals surface area contributed by atoms with Crippen molar-refractivity contribution in [2.24, 2.45) is 0 Å². The summed E-state index contributed by atoms with van der Waals surface area (Å²) in [4.78, 5) is 8.97. The summed E-state index contributed by atoms with van der Waals surface area (Å²) in [5.74, 6) is 0.661. The van der Waals surface area contributed by atoms with Gasteiger partial charge in [-0.25, -0.2) is 9.97 Å². The van der Waals surface area contributed by atoms with Crippen LogP contribution in [0.25, 0.3) is 11.0 Å². The van der Waals surface area contributed by atoms with E-state index in [0.717, 1.165) is 21.8 Å². The van der Waals surface area contributed by atoms with E-state index in [1.165, 1.54) is 11.8 Å². The first-order valence-electron chi connectivity index (χ1n) is 4.78. The van der Waals surface area contributed by atoms with Crippen LogP contribution in [0.1, 0.15) is 5.69 Å². The van der Waals surface area contributed by atoms with E-state index in [2.05, 4.69) is 9.97 Å². The Hall–Kier alpha value is -1.13. The van der Waals surface area contributed by atoms with Crippen molar-refractivity contribution in [1.82, 2.24) is 9.97 Å². The zero-order valence-corrected chi connectivity index (χ0v) is 9.29. The maximum absolute atomic E-state index is 8.76. The van der Waals surface area contributed by atoms with Gasteiger partial charge in [0, 0.05) is 5.75 Å². The summed E-state index contributed by atoms with van der Waals surface area (Å²) in [6, 6.07) is 7.81. The fraction of sp³-hybridized carbons (Fsp3) is 0.273. The Morgan fingerprint density at radius 2 is 1.87 bits per heavy atom. The molecule has 3 nitrogen and oxygen atoms in total. The number of aliphatic hydroxyl groups is 1. The highest BCUT2D eigenvalue weighted by atomic mass is 32.2. The quantitative estimate of drug-likeness (QED) is 0.804. The van der Waals surface area contributed by atoms with Crippen molar-refractivity contribution in [2.75, 3.05) is 12.4 Å². The summed E-state index contributed by atoms with van der Waals surface area (Å²) in [7, 11) is 0. The first-order valence-corrected chi connectivity index (χ1v) is 5.77. The Balaban J connectivity index is 2.43. The number of aromatic nitrogens is 2. The predicted octanol–water partition coefficient (Wildman–Crippen LogP) is 2.02. The second kappa shape index (κ2) is 4.59. The first-order chi connectivity index (χ1) is 7.31. The summed E-state index contributed by atoms with van der Waals surface area (Å²) in [5.41, 5.74) is 2.75. The molecular weight excluding hydrogens is 208 g/mol. The van der Waals surface area contributed by atoms with Crippen molar-refractivity contribution in [3.05, 3.63) is 30.0 Å². The number of hydrogen-bond acceptors (Lipinski definition) is 4. The van der Waals surface area contributed by atoms with Gasteiger partial charge < -0.3 is 5.11 Å². The Morgan fingerprint density at radius 3 is 2.53 bits per heavy atom. The molecule has 0 atom stereocenters. The van der Waals surface area contributed by atoms with Gasteiger partial charge in [0.25, 0.3) is 0 Å². The van der Waals surface area contributed by atoms with E-state index in [1.807, 2.05) is 31.2 Å². The van der Waals surface area contributed by atoms with Gasteiger partial charge in [-0.2, -0.15) is 0 Å². The molecule has 1 N–H and O–H groups in total. The number of thioether (sulfide) groups is 1. The second-order valence-corrected chi connectivity index (χ2v) is 4.26. The van der Waals surface area contributed by atoms with Crippen LogP contribution < -0.4 is 0 Å². The molecular formula is C11H12N2OS. The zero-order chi connectivity index (χ0) is 10.7. The van der Waals surface area contributed by atoms with Crippen LogP contribution in [0.3, 0.4) is 0 Å². The number of nitrogens with zero attached hydrogens (tertiary/aromatic N) is 2. The van der Waals surface area contributed by atoms with Crippen LogP contribution in [0.4, 0.5) is 0 Å². The number of aryl methyl sites for hydroxylation is 1. The second-order valence-electron chi connectivity index (χ2n) is 3.17. The molecule has 0 amide bonds. The third-order valence-electron chi connectivity index (χ3n) is 2.03. The molecule has 15 heavy (non-hydrogen) atoms. The molecule has 0 fully saturated rings. The molecule has 1 aromatic heterocycles. The van der Waals surface area contributed by atoms with Crippen LogP contribution in [0.5, 0.6) is 0 Å². The normalized spacial score (nSPS) is 10.8. The minimum absolute atomic E-state index is 0.165. The lowest BCUT2D eigenvalue weighted by molar-refractivity contribution is 0.322. The number of fused-ring (bicyclic) bond motifs is 1. The Labute approximate surface area is 92.6 Å². The van der Waals surface area contributed by atoms with Crippen molar-refractivity contribution in [2.45, 2.75) is 11.9 Å². The third-order valence-corrected chi connectivity index (χ3v) is 3.08. The van der Waals surface area contributed by atoms with Gasteiger partial charge in [0.2, 0.25) is 0 Å². The highest BCUT2D eigenvalue weighted by Crippen LogP contribution is 2.21.